The van der Waals surface area contributed by atoms with E-state index in [1.165, 1.54) is 0 Å². The van der Waals surface area contributed by atoms with Crippen molar-refractivity contribution in [1.82, 2.24) is 4.72 Å². The molecule has 0 unspecified atom stereocenters. The summed E-state index contributed by atoms with van der Waals surface area (Å²) in [6, 6.07) is 5.46. The Labute approximate surface area is 128 Å². The fourth-order valence-corrected chi connectivity index (χ4v) is 3.18. The Balaban J connectivity index is 2.52. The van der Waals surface area contributed by atoms with Gasteiger partial charge in [-0.05, 0) is 37.1 Å². The second-order valence-electron chi connectivity index (χ2n) is 4.50. The third-order valence-corrected chi connectivity index (χ3v) is 4.59. The summed E-state index contributed by atoms with van der Waals surface area (Å²) in [6.07, 6.45) is 1.38. The molecule has 0 aliphatic rings. The van der Waals surface area contributed by atoms with E-state index in [1.54, 1.807) is 6.07 Å². The van der Waals surface area contributed by atoms with Gasteiger partial charge in [0.2, 0.25) is 15.9 Å². The zero-order valence-electron chi connectivity index (χ0n) is 11.6. The average Bonchev–Trinajstić information content (AvgIpc) is 2.38. The number of carbonyl (C=O) groups excluding carboxylic acids is 1. The van der Waals surface area contributed by atoms with Gasteiger partial charge in [-0.15, -0.1) is 0 Å². The molecule has 0 saturated heterocycles. The van der Waals surface area contributed by atoms with Crippen molar-refractivity contribution in [3.8, 4) is 0 Å². The van der Waals surface area contributed by atoms with Crippen molar-refractivity contribution in [2.45, 2.75) is 26.7 Å². The Hall–Kier alpha value is -0.920. The van der Waals surface area contributed by atoms with E-state index in [1.807, 2.05) is 26.0 Å². The van der Waals surface area contributed by atoms with Gasteiger partial charge in [0.1, 0.15) is 0 Å². The number of halogens is 1. The lowest BCUT2D eigenvalue weighted by atomic mass is 10.2. The highest BCUT2D eigenvalue weighted by atomic mass is 79.9. The lowest BCUT2D eigenvalue weighted by molar-refractivity contribution is -0.115. The van der Waals surface area contributed by atoms with Crippen LogP contribution in [0.3, 0.4) is 0 Å². The van der Waals surface area contributed by atoms with Crippen molar-refractivity contribution in [3.63, 3.8) is 0 Å². The number of unbranched alkanes of at least 4 members (excludes halogenated alkanes) is 1. The quantitative estimate of drug-likeness (QED) is 0.781. The summed E-state index contributed by atoms with van der Waals surface area (Å²) in [5.74, 6) is -0.329. The first-order valence-electron chi connectivity index (χ1n) is 6.37. The summed E-state index contributed by atoms with van der Waals surface area (Å²) < 4.78 is 26.3. The van der Waals surface area contributed by atoms with E-state index in [0.717, 1.165) is 16.5 Å². The SMILES string of the molecule is CCCCS(=O)(=O)NCC(=O)Nc1ccc(Br)cc1C. The van der Waals surface area contributed by atoms with E-state index in [9.17, 15) is 13.2 Å². The minimum atomic E-state index is -3.37. The van der Waals surface area contributed by atoms with Crippen LogP contribution < -0.4 is 10.0 Å². The Morgan fingerprint density at radius 3 is 2.65 bits per heavy atom. The number of aryl methyl sites for hydroxylation is 1. The van der Waals surface area contributed by atoms with Gasteiger partial charge in [-0.2, -0.15) is 0 Å². The molecule has 0 aliphatic heterocycles. The Morgan fingerprint density at radius 2 is 2.05 bits per heavy atom. The van der Waals surface area contributed by atoms with Crippen molar-refractivity contribution in [1.29, 1.82) is 0 Å². The van der Waals surface area contributed by atoms with E-state index >= 15 is 0 Å². The first kappa shape index (κ1) is 17.1. The van der Waals surface area contributed by atoms with Crippen molar-refractivity contribution in [2.24, 2.45) is 0 Å². The van der Waals surface area contributed by atoms with Crippen LogP contribution in [0.5, 0.6) is 0 Å². The Morgan fingerprint density at radius 1 is 1.35 bits per heavy atom. The minimum Gasteiger partial charge on any atom is -0.325 e. The molecule has 20 heavy (non-hydrogen) atoms. The minimum absolute atomic E-state index is 0.0497. The third-order valence-electron chi connectivity index (χ3n) is 2.68. The third kappa shape index (κ3) is 6.02. The van der Waals surface area contributed by atoms with Gasteiger partial charge < -0.3 is 5.32 Å². The summed E-state index contributed by atoms with van der Waals surface area (Å²) in [5, 5.41) is 2.68. The van der Waals surface area contributed by atoms with E-state index in [2.05, 4.69) is 26.0 Å². The topological polar surface area (TPSA) is 75.3 Å². The second-order valence-corrected chi connectivity index (χ2v) is 7.34. The van der Waals surface area contributed by atoms with Crippen LogP contribution in [0.25, 0.3) is 0 Å². The lowest BCUT2D eigenvalue weighted by Crippen LogP contribution is -2.34. The molecule has 1 amide bonds. The highest BCUT2D eigenvalue weighted by Crippen LogP contribution is 2.19. The second kappa shape index (κ2) is 7.75. The number of nitrogens with one attached hydrogen (secondary N) is 2. The average molecular weight is 363 g/mol. The predicted octanol–water partition coefficient (Wildman–Crippen LogP) is 2.42. The molecule has 1 rings (SSSR count). The zero-order chi connectivity index (χ0) is 15.2. The first-order valence-corrected chi connectivity index (χ1v) is 8.82. The number of benzene rings is 1. The molecule has 0 fully saturated rings. The molecule has 0 spiro atoms. The van der Waals surface area contributed by atoms with Crippen LogP contribution >= 0.6 is 15.9 Å². The monoisotopic (exact) mass is 362 g/mol. The van der Waals surface area contributed by atoms with Crippen LogP contribution in [0.15, 0.2) is 22.7 Å². The summed E-state index contributed by atoms with van der Waals surface area (Å²) in [5.41, 5.74) is 1.58. The maximum Gasteiger partial charge on any atom is 0.239 e. The molecule has 1 aromatic carbocycles. The van der Waals surface area contributed by atoms with Gasteiger partial charge in [-0.3, -0.25) is 4.79 Å². The maximum absolute atomic E-state index is 11.7. The van der Waals surface area contributed by atoms with E-state index in [-0.39, 0.29) is 18.2 Å². The van der Waals surface area contributed by atoms with Crippen LogP contribution in [-0.2, 0) is 14.8 Å². The predicted molar refractivity (Wildman–Crippen MR) is 84.2 cm³/mol. The van der Waals surface area contributed by atoms with Crippen molar-refractivity contribution in [3.05, 3.63) is 28.2 Å². The molecule has 0 saturated carbocycles. The van der Waals surface area contributed by atoms with E-state index < -0.39 is 10.0 Å². The Bertz CT molecular complexity index is 573. The lowest BCUT2D eigenvalue weighted by Gasteiger charge is -2.10. The normalized spacial score (nSPS) is 11.3. The van der Waals surface area contributed by atoms with Gasteiger partial charge >= 0.3 is 0 Å². The van der Waals surface area contributed by atoms with Gasteiger partial charge in [0, 0.05) is 10.2 Å². The maximum atomic E-state index is 11.7. The van der Waals surface area contributed by atoms with Crippen LogP contribution in [0.1, 0.15) is 25.3 Å². The van der Waals surface area contributed by atoms with Crippen molar-refractivity contribution in [2.75, 3.05) is 17.6 Å². The number of amides is 1. The molecule has 112 valence electrons. The molecular weight excluding hydrogens is 344 g/mol. The van der Waals surface area contributed by atoms with Gasteiger partial charge in [-0.1, -0.05) is 29.3 Å². The highest BCUT2D eigenvalue weighted by molar-refractivity contribution is 9.10. The summed E-state index contributed by atoms with van der Waals surface area (Å²) in [4.78, 5) is 11.7. The fraction of sp³-hybridized carbons (Fsp3) is 0.462. The molecule has 0 atom stereocenters. The summed E-state index contributed by atoms with van der Waals surface area (Å²) in [6.45, 7) is 3.53. The molecule has 5 nitrogen and oxygen atoms in total. The molecule has 0 heterocycles. The smallest absolute Gasteiger partial charge is 0.239 e. The number of hydrogen-bond acceptors (Lipinski definition) is 3. The van der Waals surface area contributed by atoms with Crippen molar-refractivity contribution >= 4 is 37.5 Å². The molecule has 2 N–H and O–H groups in total. The molecule has 0 aliphatic carbocycles. The number of hydrogen-bond donors (Lipinski definition) is 2. The van der Waals surface area contributed by atoms with E-state index in [0.29, 0.717) is 12.1 Å². The zero-order valence-corrected chi connectivity index (χ0v) is 14.0. The number of carbonyl (C=O) groups is 1. The largest absolute Gasteiger partial charge is 0.325 e. The van der Waals surface area contributed by atoms with Crippen LogP contribution in [0, 0.1) is 6.92 Å². The van der Waals surface area contributed by atoms with Gasteiger partial charge in [0.15, 0.2) is 0 Å². The molecule has 0 aromatic heterocycles. The van der Waals surface area contributed by atoms with Gasteiger partial charge in [0.05, 0.1) is 12.3 Å². The molecule has 0 radical (unpaired) electrons. The first-order chi connectivity index (χ1) is 9.34. The van der Waals surface area contributed by atoms with Crippen LogP contribution in [0.2, 0.25) is 0 Å². The van der Waals surface area contributed by atoms with E-state index in [4.69, 9.17) is 0 Å². The Kier molecular flexibility index (Phi) is 6.64. The molecule has 1 aromatic rings. The number of sulfonamides is 1. The van der Waals surface area contributed by atoms with Crippen LogP contribution in [-0.4, -0.2) is 26.6 Å². The molecular formula is C13H19BrN2O3S. The fourth-order valence-electron chi connectivity index (χ4n) is 1.54. The van der Waals surface area contributed by atoms with Crippen LogP contribution in [0.4, 0.5) is 5.69 Å². The number of anilines is 1. The highest BCUT2D eigenvalue weighted by Gasteiger charge is 2.12. The summed E-state index contributed by atoms with van der Waals surface area (Å²) >= 11 is 3.34. The molecule has 7 heteroatoms. The van der Waals surface area contributed by atoms with Gasteiger partial charge in [-0.25, -0.2) is 13.1 Å². The molecule has 0 bridgehead atoms. The van der Waals surface area contributed by atoms with Gasteiger partial charge in [0.25, 0.3) is 0 Å². The summed E-state index contributed by atoms with van der Waals surface area (Å²) in [7, 11) is -3.37. The van der Waals surface area contributed by atoms with Crippen molar-refractivity contribution < 1.29 is 13.2 Å². The number of rotatable bonds is 7. The standard InChI is InChI=1S/C13H19BrN2O3S/c1-3-4-7-20(18,19)15-9-13(17)16-12-6-5-11(14)8-10(12)2/h5-6,8,15H,3-4,7,9H2,1-2H3,(H,16,17).